The van der Waals surface area contributed by atoms with Crippen LogP contribution < -0.4 is 19.7 Å². The number of carbonyl (C=O) groups is 2. The van der Waals surface area contributed by atoms with Gasteiger partial charge in [0, 0.05) is 43.7 Å². The topological polar surface area (TPSA) is 71.1 Å². The molecular weight excluding hydrogens is 406 g/mol. The highest BCUT2D eigenvalue weighted by Gasteiger charge is 2.29. The van der Waals surface area contributed by atoms with Gasteiger partial charge in [-0.05, 0) is 49.9 Å². The molecule has 0 radical (unpaired) electrons. The molecule has 2 aromatic carbocycles. The summed E-state index contributed by atoms with van der Waals surface area (Å²) in [6.07, 6.45) is 3.66. The second-order valence-electron chi connectivity index (χ2n) is 8.37. The number of ether oxygens (including phenoxy) is 2. The number of rotatable bonds is 6. The van der Waals surface area contributed by atoms with Gasteiger partial charge in [-0.2, -0.15) is 0 Å². The van der Waals surface area contributed by atoms with Crippen molar-refractivity contribution in [1.82, 2.24) is 4.90 Å². The van der Waals surface area contributed by atoms with Crippen LogP contribution in [0.3, 0.4) is 0 Å². The number of likely N-dealkylation sites (tertiary alicyclic amines) is 1. The standard InChI is InChI=1S/C25H31N3O4/c1-31-20-15-19(16-21(17-20)32-2)25(30)28-13-9-18(10-14-28)24(29)26-22-7-3-4-8-23(22)27-11-5-6-12-27/h3-4,7-8,15-18H,5-6,9-14H2,1-2H3,(H,26,29). The maximum Gasteiger partial charge on any atom is 0.254 e. The summed E-state index contributed by atoms with van der Waals surface area (Å²) in [7, 11) is 3.13. The van der Waals surface area contributed by atoms with Crippen molar-refractivity contribution < 1.29 is 19.1 Å². The van der Waals surface area contributed by atoms with Crippen LogP contribution in [0, 0.1) is 5.92 Å². The van der Waals surface area contributed by atoms with E-state index in [1.807, 2.05) is 18.2 Å². The number of para-hydroxylation sites is 2. The summed E-state index contributed by atoms with van der Waals surface area (Å²) < 4.78 is 10.6. The minimum Gasteiger partial charge on any atom is -0.497 e. The molecule has 1 N–H and O–H groups in total. The Morgan fingerprint density at radius 3 is 2.16 bits per heavy atom. The molecule has 0 bridgehead atoms. The van der Waals surface area contributed by atoms with Crippen molar-refractivity contribution in [2.75, 3.05) is 50.6 Å². The van der Waals surface area contributed by atoms with E-state index >= 15 is 0 Å². The molecule has 2 heterocycles. The van der Waals surface area contributed by atoms with Crippen molar-refractivity contribution >= 4 is 23.2 Å². The van der Waals surface area contributed by atoms with E-state index in [1.165, 1.54) is 12.8 Å². The van der Waals surface area contributed by atoms with E-state index in [0.29, 0.717) is 43.0 Å². The van der Waals surface area contributed by atoms with Gasteiger partial charge in [-0.15, -0.1) is 0 Å². The largest absolute Gasteiger partial charge is 0.497 e. The lowest BCUT2D eigenvalue weighted by Gasteiger charge is -2.32. The fourth-order valence-electron chi connectivity index (χ4n) is 4.51. The molecule has 2 aliphatic rings. The average molecular weight is 438 g/mol. The van der Waals surface area contributed by atoms with Gasteiger partial charge in [0.25, 0.3) is 5.91 Å². The molecule has 2 aliphatic heterocycles. The zero-order chi connectivity index (χ0) is 22.5. The summed E-state index contributed by atoms with van der Waals surface area (Å²) in [4.78, 5) is 30.1. The van der Waals surface area contributed by atoms with Crippen LogP contribution in [-0.2, 0) is 4.79 Å². The lowest BCUT2D eigenvalue weighted by Crippen LogP contribution is -2.41. The van der Waals surface area contributed by atoms with E-state index in [-0.39, 0.29) is 17.7 Å². The lowest BCUT2D eigenvalue weighted by molar-refractivity contribution is -0.121. The first-order valence-corrected chi connectivity index (χ1v) is 11.3. The van der Waals surface area contributed by atoms with Crippen LogP contribution in [0.15, 0.2) is 42.5 Å². The van der Waals surface area contributed by atoms with E-state index in [0.717, 1.165) is 24.5 Å². The van der Waals surface area contributed by atoms with Gasteiger partial charge in [0.2, 0.25) is 5.91 Å². The third-order valence-corrected chi connectivity index (χ3v) is 6.36. The average Bonchev–Trinajstić information content (AvgIpc) is 3.38. The number of piperidine rings is 1. The van der Waals surface area contributed by atoms with Crippen molar-refractivity contribution in [1.29, 1.82) is 0 Å². The Morgan fingerprint density at radius 2 is 1.53 bits per heavy atom. The van der Waals surface area contributed by atoms with E-state index in [1.54, 1.807) is 37.3 Å². The predicted molar refractivity (Wildman–Crippen MR) is 125 cm³/mol. The van der Waals surface area contributed by atoms with Gasteiger partial charge in [-0.25, -0.2) is 0 Å². The van der Waals surface area contributed by atoms with Crippen molar-refractivity contribution in [3.63, 3.8) is 0 Å². The van der Waals surface area contributed by atoms with Gasteiger partial charge in [0.15, 0.2) is 0 Å². The van der Waals surface area contributed by atoms with Crippen LogP contribution in [0.2, 0.25) is 0 Å². The number of hydrogen-bond donors (Lipinski definition) is 1. The quantitative estimate of drug-likeness (QED) is 0.745. The van der Waals surface area contributed by atoms with Crippen molar-refractivity contribution in [3.8, 4) is 11.5 Å². The summed E-state index contributed by atoms with van der Waals surface area (Å²) in [6.45, 7) is 3.15. The Kier molecular flexibility index (Phi) is 6.83. The van der Waals surface area contributed by atoms with Crippen molar-refractivity contribution in [3.05, 3.63) is 48.0 Å². The van der Waals surface area contributed by atoms with Crippen molar-refractivity contribution in [2.45, 2.75) is 25.7 Å². The second kappa shape index (κ2) is 9.94. The summed E-state index contributed by atoms with van der Waals surface area (Å²) in [5, 5.41) is 3.15. The van der Waals surface area contributed by atoms with Crippen LogP contribution in [0.1, 0.15) is 36.0 Å². The Morgan fingerprint density at radius 1 is 0.906 bits per heavy atom. The maximum atomic E-state index is 13.0. The van der Waals surface area contributed by atoms with E-state index in [4.69, 9.17) is 9.47 Å². The molecule has 32 heavy (non-hydrogen) atoms. The minimum absolute atomic E-state index is 0.0341. The highest BCUT2D eigenvalue weighted by atomic mass is 16.5. The number of nitrogens with one attached hydrogen (secondary N) is 1. The normalized spacial score (nSPS) is 16.7. The van der Waals surface area contributed by atoms with Gasteiger partial charge < -0.3 is 24.6 Å². The van der Waals surface area contributed by atoms with Crippen LogP contribution in [-0.4, -0.2) is 57.1 Å². The first-order chi connectivity index (χ1) is 15.6. The molecule has 7 heteroatoms. The number of carbonyl (C=O) groups excluding carboxylic acids is 2. The monoisotopic (exact) mass is 437 g/mol. The van der Waals surface area contributed by atoms with Crippen molar-refractivity contribution in [2.24, 2.45) is 5.92 Å². The van der Waals surface area contributed by atoms with E-state index < -0.39 is 0 Å². The van der Waals surface area contributed by atoms with E-state index in [2.05, 4.69) is 16.3 Å². The number of anilines is 2. The second-order valence-corrected chi connectivity index (χ2v) is 8.37. The molecule has 0 aromatic heterocycles. The highest BCUT2D eigenvalue weighted by molar-refractivity contribution is 5.97. The fraction of sp³-hybridized carbons (Fsp3) is 0.440. The lowest BCUT2D eigenvalue weighted by atomic mass is 9.95. The molecule has 2 saturated heterocycles. The van der Waals surface area contributed by atoms with Crippen LogP contribution in [0.5, 0.6) is 11.5 Å². The molecule has 0 aliphatic carbocycles. The predicted octanol–water partition coefficient (Wildman–Crippen LogP) is 3.79. The molecule has 2 amide bonds. The van der Waals surface area contributed by atoms with Gasteiger partial charge in [-0.3, -0.25) is 9.59 Å². The van der Waals surface area contributed by atoms with Crippen LogP contribution in [0.4, 0.5) is 11.4 Å². The molecule has 170 valence electrons. The van der Waals surface area contributed by atoms with Gasteiger partial charge in [0.1, 0.15) is 11.5 Å². The Balaban J connectivity index is 1.37. The molecule has 7 nitrogen and oxygen atoms in total. The zero-order valence-corrected chi connectivity index (χ0v) is 18.8. The Hall–Kier alpha value is -3.22. The third-order valence-electron chi connectivity index (χ3n) is 6.36. The molecule has 4 rings (SSSR count). The van der Waals surface area contributed by atoms with E-state index in [9.17, 15) is 9.59 Å². The molecular formula is C25H31N3O4. The molecule has 0 spiro atoms. The number of methoxy groups -OCH3 is 2. The van der Waals surface area contributed by atoms with Crippen LogP contribution in [0.25, 0.3) is 0 Å². The molecule has 2 fully saturated rings. The SMILES string of the molecule is COc1cc(OC)cc(C(=O)N2CCC(C(=O)Nc3ccccc3N3CCCC3)CC2)c1. The third kappa shape index (κ3) is 4.82. The first kappa shape index (κ1) is 22.0. The minimum atomic E-state index is -0.106. The Labute approximate surface area is 189 Å². The van der Waals surface area contributed by atoms with Gasteiger partial charge in [0.05, 0.1) is 25.6 Å². The summed E-state index contributed by atoms with van der Waals surface area (Å²) in [5.74, 6) is 1.02. The summed E-state index contributed by atoms with van der Waals surface area (Å²) in [5.41, 5.74) is 2.50. The molecule has 0 atom stereocenters. The highest BCUT2D eigenvalue weighted by Crippen LogP contribution is 2.30. The molecule has 0 saturated carbocycles. The van der Waals surface area contributed by atoms with Crippen LogP contribution >= 0.6 is 0 Å². The molecule has 2 aromatic rings. The van der Waals surface area contributed by atoms with Gasteiger partial charge >= 0.3 is 0 Å². The van der Waals surface area contributed by atoms with Gasteiger partial charge in [-0.1, -0.05) is 12.1 Å². The smallest absolute Gasteiger partial charge is 0.254 e. The maximum absolute atomic E-state index is 13.0. The zero-order valence-electron chi connectivity index (χ0n) is 18.8. The summed E-state index contributed by atoms with van der Waals surface area (Å²) in [6, 6.07) is 13.2. The Bertz CT molecular complexity index is 941. The molecule has 0 unspecified atom stereocenters. The number of amides is 2. The first-order valence-electron chi connectivity index (χ1n) is 11.3. The number of hydrogen-bond acceptors (Lipinski definition) is 5. The fourth-order valence-corrected chi connectivity index (χ4v) is 4.51. The number of benzene rings is 2. The summed E-state index contributed by atoms with van der Waals surface area (Å²) >= 11 is 0. The number of nitrogens with zero attached hydrogens (tertiary/aromatic N) is 2.